The van der Waals surface area contributed by atoms with Crippen molar-refractivity contribution in [2.24, 2.45) is 0 Å². The molecule has 0 atom stereocenters. The third-order valence-electron chi connectivity index (χ3n) is 4.62. The Morgan fingerprint density at radius 1 is 0.968 bits per heavy atom. The molecule has 1 heterocycles. The maximum atomic E-state index is 13.7. The van der Waals surface area contributed by atoms with Gasteiger partial charge in [-0.1, -0.05) is 23.4 Å². The molecule has 0 bridgehead atoms. The number of nitrogen functional groups attached to an aromatic ring is 1. The van der Waals surface area contributed by atoms with E-state index >= 15 is 0 Å². The van der Waals surface area contributed by atoms with E-state index in [-0.39, 0.29) is 17.4 Å². The van der Waals surface area contributed by atoms with Gasteiger partial charge in [0.25, 0.3) is 5.91 Å². The average Bonchev–Trinajstić information content (AvgIpc) is 3.13. The highest BCUT2D eigenvalue weighted by Gasteiger charge is 2.16. The molecule has 8 nitrogen and oxygen atoms in total. The Labute approximate surface area is 176 Å². The van der Waals surface area contributed by atoms with Crippen molar-refractivity contribution in [2.75, 3.05) is 21.7 Å². The van der Waals surface area contributed by atoms with Crippen molar-refractivity contribution in [3.8, 4) is 0 Å². The molecule has 1 aromatic heterocycles. The smallest absolute Gasteiger partial charge is 0.323 e. The number of aromatic nitrogens is 1. The van der Waals surface area contributed by atoms with Gasteiger partial charge in [0.2, 0.25) is 0 Å². The molecule has 0 radical (unpaired) electrons. The number of urea groups is 1. The first-order chi connectivity index (χ1) is 14.9. The fourth-order valence-electron chi connectivity index (χ4n) is 3.12. The number of rotatable bonds is 4. The fraction of sp³-hybridized carbons (Fsp3) is 0.0455. The highest BCUT2D eigenvalue weighted by molar-refractivity contribution is 6.14. The highest BCUT2D eigenvalue weighted by Crippen LogP contribution is 2.26. The van der Waals surface area contributed by atoms with Crippen molar-refractivity contribution in [3.05, 3.63) is 77.6 Å². The summed E-state index contributed by atoms with van der Waals surface area (Å²) < 4.78 is 18.8. The van der Waals surface area contributed by atoms with Crippen LogP contribution in [0.5, 0.6) is 0 Å². The van der Waals surface area contributed by atoms with E-state index in [2.05, 4.69) is 21.1 Å². The molecule has 0 fully saturated rings. The fourth-order valence-corrected chi connectivity index (χ4v) is 3.12. The van der Waals surface area contributed by atoms with Gasteiger partial charge < -0.3 is 26.2 Å². The number of carbonyl (C=O) groups is 2. The predicted molar refractivity (Wildman–Crippen MR) is 117 cm³/mol. The zero-order valence-corrected chi connectivity index (χ0v) is 16.4. The van der Waals surface area contributed by atoms with Crippen LogP contribution in [0.1, 0.15) is 15.9 Å². The van der Waals surface area contributed by atoms with Crippen LogP contribution in [0.3, 0.4) is 0 Å². The number of anilines is 4. The zero-order valence-electron chi connectivity index (χ0n) is 16.4. The summed E-state index contributed by atoms with van der Waals surface area (Å²) in [7, 11) is 0. The molecule has 4 aromatic rings. The minimum Gasteiger partial charge on any atom is -0.380 e. The summed E-state index contributed by atoms with van der Waals surface area (Å²) in [5, 5.41) is 12.0. The molecular formula is C22H18FN5O3. The molecule has 0 spiro atoms. The van der Waals surface area contributed by atoms with Crippen LogP contribution >= 0.6 is 0 Å². The number of aryl methyl sites for hydroxylation is 1. The Bertz CT molecular complexity index is 1300. The van der Waals surface area contributed by atoms with E-state index < -0.39 is 11.8 Å². The first-order valence-electron chi connectivity index (χ1n) is 9.31. The third-order valence-corrected chi connectivity index (χ3v) is 4.62. The summed E-state index contributed by atoms with van der Waals surface area (Å²) in [5.74, 6) is -0.772. The lowest BCUT2D eigenvalue weighted by Gasteiger charge is -2.12. The van der Waals surface area contributed by atoms with E-state index in [1.54, 1.807) is 49.4 Å². The first kappa shape index (κ1) is 19.9. The normalized spacial score (nSPS) is 10.6. The van der Waals surface area contributed by atoms with Crippen LogP contribution in [0.25, 0.3) is 11.0 Å². The number of hydrogen-bond donors (Lipinski definition) is 4. The van der Waals surface area contributed by atoms with E-state index in [9.17, 15) is 14.0 Å². The van der Waals surface area contributed by atoms with Crippen LogP contribution in [0, 0.1) is 12.7 Å². The largest absolute Gasteiger partial charge is 0.380 e. The number of benzene rings is 3. The van der Waals surface area contributed by atoms with Gasteiger partial charge in [-0.05, 0) is 55.0 Å². The summed E-state index contributed by atoms with van der Waals surface area (Å²) in [5.41, 5.74) is 8.37. The Balaban J connectivity index is 1.47. The highest BCUT2D eigenvalue weighted by atomic mass is 19.1. The summed E-state index contributed by atoms with van der Waals surface area (Å²) in [6.45, 7) is 1.77. The van der Waals surface area contributed by atoms with Crippen LogP contribution in [-0.2, 0) is 0 Å². The number of amides is 3. The van der Waals surface area contributed by atoms with E-state index in [0.717, 1.165) is 0 Å². The average molecular weight is 419 g/mol. The Morgan fingerprint density at radius 2 is 1.74 bits per heavy atom. The molecule has 0 saturated carbocycles. The van der Waals surface area contributed by atoms with Crippen molar-refractivity contribution in [3.63, 3.8) is 0 Å². The molecule has 0 aliphatic carbocycles. The topological polar surface area (TPSA) is 122 Å². The monoisotopic (exact) mass is 419 g/mol. The summed E-state index contributed by atoms with van der Waals surface area (Å²) in [6, 6.07) is 15.2. The quantitative estimate of drug-likeness (QED) is 0.380. The van der Waals surface area contributed by atoms with Gasteiger partial charge >= 0.3 is 6.03 Å². The lowest BCUT2D eigenvalue weighted by Crippen LogP contribution is -2.20. The maximum absolute atomic E-state index is 13.7. The molecule has 0 saturated heterocycles. The molecular weight excluding hydrogens is 401 g/mol. The molecule has 5 N–H and O–H groups in total. The number of para-hydroxylation sites is 1. The Hall–Kier alpha value is -4.40. The van der Waals surface area contributed by atoms with Crippen molar-refractivity contribution in [1.82, 2.24) is 5.16 Å². The second-order valence-electron chi connectivity index (χ2n) is 6.79. The lowest BCUT2D eigenvalue weighted by atomic mass is 10.1. The molecule has 3 amide bonds. The third kappa shape index (κ3) is 4.15. The van der Waals surface area contributed by atoms with E-state index in [1.165, 1.54) is 18.2 Å². The molecule has 156 valence electrons. The van der Waals surface area contributed by atoms with Crippen LogP contribution in [-0.4, -0.2) is 17.1 Å². The van der Waals surface area contributed by atoms with E-state index in [1.807, 2.05) is 0 Å². The minimum absolute atomic E-state index is 0.0729. The van der Waals surface area contributed by atoms with Gasteiger partial charge in [0.05, 0.1) is 16.6 Å². The van der Waals surface area contributed by atoms with E-state index in [4.69, 9.17) is 10.3 Å². The molecule has 0 aliphatic rings. The summed E-state index contributed by atoms with van der Waals surface area (Å²) in [4.78, 5) is 24.9. The molecule has 31 heavy (non-hydrogen) atoms. The second-order valence-corrected chi connectivity index (χ2v) is 6.79. The van der Waals surface area contributed by atoms with Gasteiger partial charge in [0.15, 0.2) is 11.4 Å². The van der Waals surface area contributed by atoms with Crippen LogP contribution in [0.4, 0.5) is 32.1 Å². The van der Waals surface area contributed by atoms with Crippen molar-refractivity contribution in [2.45, 2.75) is 6.92 Å². The number of halogens is 1. The Kier molecular flexibility index (Phi) is 5.23. The zero-order chi connectivity index (χ0) is 22.0. The molecule has 0 aliphatic heterocycles. The van der Waals surface area contributed by atoms with Gasteiger partial charge in [-0.3, -0.25) is 4.79 Å². The van der Waals surface area contributed by atoms with Gasteiger partial charge in [-0.2, -0.15) is 0 Å². The molecule has 4 rings (SSSR count). The number of nitrogens with zero attached hydrogens (tertiary/aromatic N) is 1. The number of nitrogens with two attached hydrogens (primary N) is 1. The standard InChI is InChI=1S/C22H18FN5O3/c1-12-11-13(25-21(29)14-5-4-8-18-19(14)20(24)28-31-18)9-10-16(12)26-22(30)27-17-7-3-2-6-15(17)23/h2-11H,1H3,(H2,24,28)(H,25,29)(H2,26,27,30). The molecule has 9 heteroatoms. The van der Waals surface area contributed by atoms with Gasteiger partial charge in [-0.15, -0.1) is 0 Å². The minimum atomic E-state index is -0.584. The molecule has 3 aromatic carbocycles. The second kappa shape index (κ2) is 8.15. The number of nitrogens with one attached hydrogen (secondary N) is 3. The number of hydrogen-bond acceptors (Lipinski definition) is 5. The van der Waals surface area contributed by atoms with Crippen molar-refractivity contribution >= 4 is 45.8 Å². The van der Waals surface area contributed by atoms with Gasteiger partial charge in [0, 0.05) is 11.4 Å². The summed E-state index contributed by atoms with van der Waals surface area (Å²) in [6.07, 6.45) is 0. The van der Waals surface area contributed by atoms with Crippen molar-refractivity contribution in [1.29, 1.82) is 0 Å². The number of carbonyl (C=O) groups excluding carboxylic acids is 2. The van der Waals surface area contributed by atoms with E-state index in [0.29, 0.717) is 33.5 Å². The van der Waals surface area contributed by atoms with Gasteiger partial charge in [-0.25, -0.2) is 9.18 Å². The molecule has 0 unspecified atom stereocenters. The van der Waals surface area contributed by atoms with Gasteiger partial charge in [0.1, 0.15) is 5.82 Å². The lowest BCUT2D eigenvalue weighted by molar-refractivity contribution is 0.102. The SMILES string of the molecule is Cc1cc(NC(=O)c2cccc3onc(N)c23)ccc1NC(=O)Nc1ccccc1F. The van der Waals surface area contributed by atoms with Crippen LogP contribution < -0.4 is 21.7 Å². The summed E-state index contributed by atoms with van der Waals surface area (Å²) >= 11 is 0. The first-order valence-corrected chi connectivity index (χ1v) is 9.31. The maximum Gasteiger partial charge on any atom is 0.323 e. The number of fused-ring (bicyclic) bond motifs is 1. The van der Waals surface area contributed by atoms with Crippen molar-refractivity contribution < 1.29 is 18.5 Å². The Morgan fingerprint density at radius 3 is 2.52 bits per heavy atom. The van der Waals surface area contributed by atoms with Crippen LogP contribution in [0.15, 0.2) is 65.2 Å². The van der Waals surface area contributed by atoms with Crippen LogP contribution in [0.2, 0.25) is 0 Å². The predicted octanol–water partition coefficient (Wildman–Crippen LogP) is 4.75.